The smallest absolute Gasteiger partial charge is 0.122 e. The van der Waals surface area contributed by atoms with E-state index in [2.05, 4.69) is 11.1 Å². The van der Waals surface area contributed by atoms with Crippen LogP contribution in [0.1, 0.15) is 41.7 Å². The second kappa shape index (κ2) is 5.63. The van der Waals surface area contributed by atoms with E-state index in [-0.39, 0.29) is 0 Å². The molecule has 3 heteroatoms. The average Bonchev–Trinajstić information content (AvgIpc) is 2.48. The quantitative estimate of drug-likeness (QED) is 0.928. The Balaban J connectivity index is 1.81. The molecule has 0 spiro atoms. The van der Waals surface area contributed by atoms with E-state index in [1.165, 1.54) is 5.56 Å². The highest BCUT2D eigenvalue weighted by molar-refractivity contribution is 5.38. The zero-order chi connectivity index (χ0) is 13.9. The third-order valence-corrected chi connectivity index (χ3v) is 3.96. The molecule has 0 saturated heterocycles. The molecule has 0 fully saturated rings. The normalized spacial score (nSPS) is 19.0. The van der Waals surface area contributed by atoms with Gasteiger partial charge in [-0.15, -0.1) is 0 Å². The summed E-state index contributed by atoms with van der Waals surface area (Å²) in [6.07, 6.45) is 2.86. The molecule has 1 aliphatic rings. The fourth-order valence-corrected chi connectivity index (χ4v) is 2.89. The first-order valence-electron chi connectivity index (χ1n) is 7.07. The highest BCUT2D eigenvalue weighted by atomic mass is 16.5. The summed E-state index contributed by atoms with van der Waals surface area (Å²) in [5, 5.41) is 10.5. The Morgan fingerprint density at radius 2 is 2.15 bits per heavy atom. The number of aromatic nitrogens is 1. The van der Waals surface area contributed by atoms with Gasteiger partial charge in [-0.05, 0) is 48.9 Å². The third-order valence-electron chi connectivity index (χ3n) is 3.96. The van der Waals surface area contributed by atoms with E-state index in [4.69, 9.17) is 4.74 Å². The minimum atomic E-state index is -0.521. The molecule has 0 aliphatic carbocycles. The molecule has 1 aliphatic heterocycles. The Labute approximate surface area is 119 Å². The van der Waals surface area contributed by atoms with Crippen molar-refractivity contribution in [2.45, 2.75) is 31.8 Å². The molecule has 3 rings (SSSR count). The summed E-state index contributed by atoms with van der Waals surface area (Å²) >= 11 is 0. The van der Waals surface area contributed by atoms with Gasteiger partial charge in [-0.2, -0.15) is 0 Å². The van der Waals surface area contributed by atoms with E-state index in [9.17, 15) is 5.11 Å². The molecule has 104 valence electrons. The lowest BCUT2D eigenvalue weighted by Crippen LogP contribution is -2.17. The van der Waals surface area contributed by atoms with Crippen LogP contribution in [0.25, 0.3) is 0 Å². The van der Waals surface area contributed by atoms with E-state index < -0.39 is 6.10 Å². The maximum atomic E-state index is 10.5. The van der Waals surface area contributed by atoms with Gasteiger partial charge in [-0.1, -0.05) is 24.3 Å². The van der Waals surface area contributed by atoms with Crippen molar-refractivity contribution in [3.8, 4) is 5.75 Å². The van der Waals surface area contributed by atoms with Gasteiger partial charge in [-0.25, -0.2) is 0 Å². The molecule has 1 N–H and O–H groups in total. The van der Waals surface area contributed by atoms with E-state index >= 15 is 0 Å². The summed E-state index contributed by atoms with van der Waals surface area (Å²) in [4.78, 5) is 4.32. The SMILES string of the molecule is Cc1cccnc1C(O)CC1CCOc2ccccc21. The number of benzene rings is 1. The van der Waals surface area contributed by atoms with Crippen molar-refractivity contribution in [3.05, 3.63) is 59.4 Å². The van der Waals surface area contributed by atoms with Crippen LogP contribution in [0.5, 0.6) is 5.75 Å². The lowest BCUT2D eigenvalue weighted by molar-refractivity contribution is 0.140. The van der Waals surface area contributed by atoms with Gasteiger partial charge >= 0.3 is 0 Å². The van der Waals surface area contributed by atoms with Crippen molar-refractivity contribution in [2.75, 3.05) is 6.61 Å². The molecule has 2 unspecified atom stereocenters. The van der Waals surface area contributed by atoms with E-state index in [0.29, 0.717) is 12.3 Å². The predicted octanol–water partition coefficient (Wildman–Crippen LogP) is 3.38. The second-order valence-corrected chi connectivity index (χ2v) is 5.33. The highest BCUT2D eigenvalue weighted by Gasteiger charge is 2.25. The fourth-order valence-electron chi connectivity index (χ4n) is 2.89. The standard InChI is InChI=1S/C17H19NO2/c1-12-5-4-9-18-17(12)15(19)11-13-8-10-20-16-7-3-2-6-14(13)16/h2-7,9,13,15,19H,8,10-11H2,1H3. The van der Waals surface area contributed by atoms with Crippen molar-refractivity contribution in [1.82, 2.24) is 4.98 Å². The molecule has 0 saturated carbocycles. The van der Waals surface area contributed by atoms with Crippen LogP contribution in [0.15, 0.2) is 42.6 Å². The lowest BCUT2D eigenvalue weighted by atomic mass is 9.87. The number of nitrogens with zero attached hydrogens (tertiary/aromatic N) is 1. The van der Waals surface area contributed by atoms with Crippen LogP contribution in [-0.4, -0.2) is 16.7 Å². The Morgan fingerprint density at radius 1 is 1.30 bits per heavy atom. The molecule has 1 aromatic carbocycles. The molecule has 1 aromatic heterocycles. The maximum absolute atomic E-state index is 10.5. The molecule has 0 amide bonds. The molecule has 3 nitrogen and oxygen atoms in total. The van der Waals surface area contributed by atoms with Crippen LogP contribution in [0.3, 0.4) is 0 Å². The van der Waals surface area contributed by atoms with Crippen LogP contribution in [0, 0.1) is 6.92 Å². The summed E-state index contributed by atoms with van der Waals surface area (Å²) in [5.74, 6) is 1.28. The summed E-state index contributed by atoms with van der Waals surface area (Å²) in [7, 11) is 0. The van der Waals surface area contributed by atoms with Crippen molar-refractivity contribution in [3.63, 3.8) is 0 Å². The van der Waals surface area contributed by atoms with Gasteiger partial charge in [0.05, 0.1) is 18.4 Å². The van der Waals surface area contributed by atoms with Crippen molar-refractivity contribution in [1.29, 1.82) is 0 Å². The van der Waals surface area contributed by atoms with Crippen molar-refractivity contribution in [2.24, 2.45) is 0 Å². The lowest BCUT2D eigenvalue weighted by Gasteiger charge is -2.27. The number of aryl methyl sites for hydroxylation is 1. The largest absolute Gasteiger partial charge is 0.493 e. The molecule has 2 heterocycles. The van der Waals surface area contributed by atoms with E-state index in [0.717, 1.165) is 30.0 Å². The third kappa shape index (κ3) is 2.54. The van der Waals surface area contributed by atoms with Gasteiger partial charge in [0.2, 0.25) is 0 Å². The van der Waals surface area contributed by atoms with Gasteiger partial charge in [0, 0.05) is 6.20 Å². The number of hydrogen-bond acceptors (Lipinski definition) is 3. The van der Waals surface area contributed by atoms with E-state index in [1.54, 1.807) is 6.20 Å². The van der Waals surface area contributed by atoms with Gasteiger partial charge < -0.3 is 9.84 Å². The zero-order valence-electron chi connectivity index (χ0n) is 11.6. The summed E-state index contributed by atoms with van der Waals surface area (Å²) in [6, 6.07) is 12.0. The minimum absolute atomic E-state index is 0.330. The highest BCUT2D eigenvalue weighted by Crippen LogP contribution is 2.38. The molecule has 2 aromatic rings. The van der Waals surface area contributed by atoms with Crippen LogP contribution in [0.2, 0.25) is 0 Å². The van der Waals surface area contributed by atoms with Gasteiger partial charge in [0.25, 0.3) is 0 Å². The maximum Gasteiger partial charge on any atom is 0.122 e. The summed E-state index contributed by atoms with van der Waals surface area (Å²) in [6.45, 7) is 2.71. The van der Waals surface area contributed by atoms with Crippen molar-refractivity contribution >= 4 is 0 Å². The second-order valence-electron chi connectivity index (χ2n) is 5.33. The summed E-state index contributed by atoms with van der Waals surface area (Å²) in [5.41, 5.74) is 3.03. The number of aliphatic hydroxyl groups is 1. The van der Waals surface area contributed by atoms with Crippen LogP contribution < -0.4 is 4.74 Å². The molecular weight excluding hydrogens is 250 g/mol. The predicted molar refractivity (Wildman–Crippen MR) is 77.8 cm³/mol. The molecule has 0 bridgehead atoms. The molecule has 2 atom stereocenters. The Kier molecular flexibility index (Phi) is 3.70. The zero-order valence-corrected chi connectivity index (χ0v) is 11.6. The number of rotatable bonds is 3. The molecular formula is C17H19NO2. The molecule has 20 heavy (non-hydrogen) atoms. The number of fused-ring (bicyclic) bond motifs is 1. The average molecular weight is 269 g/mol. The monoisotopic (exact) mass is 269 g/mol. The van der Waals surface area contributed by atoms with Gasteiger partial charge in [-0.3, -0.25) is 4.98 Å². The number of pyridine rings is 1. The number of para-hydroxylation sites is 1. The van der Waals surface area contributed by atoms with Gasteiger partial charge in [0.15, 0.2) is 0 Å². The van der Waals surface area contributed by atoms with Crippen molar-refractivity contribution < 1.29 is 9.84 Å². The molecule has 0 radical (unpaired) electrons. The number of aliphatic hydroxyl groups excluding tert-OH is 1. The fraction of sp³-hybridized carbons (Fsp3) is 0.353. The summed E-state index contributed by atoms with van der Waals surface area (Å²) < 4.78 is 5.67. The minimum Gasteiger partial charge on any atom is -0.493 e. The Bertz CT molecular complexity index is 597. The van der Waals surface area contributed by atoms with E-state index in [1.807, 2.05) is 37.3 Å². The van der Waals surface area contributed by atoms with Crippen LogP contribution >= 0.6 is 0 Å². The number of ether oxygens (including phenoxy) is 1. The topological polar surface area (TPSA) is 42.4 Å². The van der Waals surface area contributed by atoms with Crippen LogP contribution in [0.4, 0.5) is 0 Å². The first kappa shape index (κ1) is 13.1. The first-order chi connectivity index (χ1) is 9.75. The number of hydrogen-bond donors (Lipinski definition) is 1. The van der Waals surface area contributed by atoms with Crippen LogP contribution in [-0.2, 0) is 0 Å². The Morgan fingerprint density at radius 3 is 3.00 bits per heavy atom. The van der Waals surface area contributed by atoms with Gasteiger partial charge in [0.1, 0.15) is 5.75 Å². The first-order valence-corrected chi connectivity index (χ1v) is 7.07. The Hall–Kier alpha value is -1.87.